The zero-order valence-electron chi connectivity index (χ0n) is 13.6. The van der Waals surface area contributed by atoms with Crippen molar-refractivity contribution < 1.29 is 24.5 Å². The van der Waals surface area contributed by atoms with E-state index >= 15 is 0 Å². The third kappa shape index (κ3) is 5.30. The fourth-order valence-corrected chi connectivity index (χ4v) is 1.77. The lowest BCUT2D eigenvalue weighted by molar-refractivity contribution is 0.103. The Kier molecular flexibility index (Phi) is 7.63. The molecule has 0 aliphatic heterocycles. The highest BCUT2D eigenvalue weighted by molar-refractivity contribution is 6.12. The molecule has 0 amide bonds. The number of phenolic OH excluding ortho intramolecular Hbond substituents is 2. The van der Waals surface area contributed by atoms with Crippen LogP contribution in [0.3, 0.4) is 0 Å². The van der Waals surface area contributed by atoms with E-state index in [0.29, 0.717) is 12.4 Å². The van der Waals surface area contributed by atoms with E-state index in [9.17, 15) is 15.0 Å². The molecule has 0 atom stereocenters. The van der Waals surface area contributed by atoms with Gasteiger partial charge in [0.05, 0.1) is 17.7 Å². The predicted molar refractivity (Wildman–Crippen MR) is 88.4 cm³/mol. The van der Waals surface area contributed by atoms with Crippen LogP contribution in [0.1, 0.15) is 29.8 Å². The molecular weight excluding hydrogens is 296 g/mol. The lowest BCUT2D eigenvalue weighted by Crippen LogP contribution is -2.02. The van der Waals surface area contributed by atoms with Crippen LogP contribution >= 0.6 is 0 Å². The van der Waals surface area contributed by atoms with E-state index in [0.717, 1.165) is 6.61 Å². The molecule has 0 radical (unpaired) electrons. The third-order valence-electron chi connectivity index (χ3n) is 2.96. The Hall–Kier alpha value is -2.53. The molecule has 2 rings (SSSR count). The molecule has 0 spiro atoms. The summed E-state index contributed by atoms with van der Waals surface area (Å²) in [5.74, 6) is -0.215. The number of para-hydroxylation sites is 1. The number of carbonyl (C=O) groups excluding carboxylic acids is 1. The van der Waals surface area contributed by atoms with Crippen molar-refractivity contribution in [3.63, 3.8) is 0 Å². The first-order valence-corrected chi connectivity index (χ1v) is 7.32. The second-order valence-electron chi connectivity index (χ2n) is 4.54. The lowest BCUT2D eigenvalue weighted by atomic mass is 10.0. The van der Waals surface area contributed by atoms with Gasteiger partial charge in [0.25, 0.3) is 0 Å². The van der Waals surface area contributed by atoms with Crippen molar-refractivity contribution in [2.75, 3.05) is 20.3 Å². The van der Waals surface area contributed by atoms with Gasteiger partial charge in [0, 0.05) is 19.8 Å². The highest BCUT2D eigenvalue weighted by Crippen LogP contribution is 2.28. The molecule has 0 unspecified atom stereocenters. The van der Waals surface area contributed by atoms with Gasteiger partial charge >= 0.3 is 0 Å². The summed E-state index contributed by atoms with van der Waals surface area (Å²) >= 11 is 0. The van der Waals surface area contributed by atoms with Crippen LogP contribution in [-0.4, -0.2) is 36.3 Å². The summed E-state index contributed by atoms with van der Waals surface area (Å²) in [4.78, 5) is 12.2. The Morgan fingerprint density at radius 1 is 0.957 bits per heavy atom. The summed E-state index contributed by atoms with van der Waals surface area (Å²) in [5.41, 5.74) is 0.284. The topological polar surface area (TPSA) is 76.0 Å². The quantitative estimate of drug-likeness (QED) is 0.827. The monoisotopic (exact) mass is 318 g/mol. The van der Waals surface area contributed by atoms with Gasteiger partial charge < -0.3 is 19.7 Å². The van der Waals surface area contributed by atoms with Gasteiger partial charge in [-0.1, -0.05) is 12.1 Å². The standard InChI is InChI=1S/C15H14O4.C3H8O/c1-2-19-10-7-8-12(14(17)9-10)15(18)11-5-3-4-6-13(11)16;1-3-4-2/h3-9,16-17H,2H2,1H3;3H2,1-2H3. The highest BCUT2D eigenvalue weighted by atomic mass is 16.5. The number of rotatable bonds is 5. The molecule has 0 fully saturated rings. The maximum Gasteiger partial charge on any atom is 0.200 e. The van der Waals surface area contributed by atoms with E-state index in [1.54, 1.807) is 25.3 Å². The first kappa shape index (κ1) is 18.5. The normalized spacial score (nSPS) is 9.70. The maximum absolute atomic E-state index is 12.2. The van der Waals surface area contributed by atoms with Gasteiger partial charge in [-0.25, -0.2) is 0 Å². The molecule has 0 saturated heterocycles. The molecule has 124 valence electrons. The average Bonchev–Trinajstić information content (AvgIpc) is 2.55. The summed E-state index contributed by atoms with van der Waals surface area (Å²) in [6.45, 7) is 5.09. The second kappa shape index (κ2) is 9.48. The van der Waals surface area contributed by atoms with E-state index in [4.69, 9.17) is 4.74 Å². The Balaban J connectivity index is 0.000000593. The molecule has 0 aromatic heterocycles. The number of carbonyl (C=O) groups is 1. The van der Waals surface area contributed by atoms with E-state index < -0.39 is 5.78 Å². The van der Waals surface area contributed by atoms with Crippen molar-refractivity contribution >= 4 is 5.78 Å². The second-order valence-corrected chi connectivity index (χ2v) is 4.54. The number of benzene rings is 2. The van der Waals surface area contributed by atoms with Crippen molar-refractivity contribution in [1.29, 1.82) is 0 Å². The summed E-state index contributed by atoms with van der Waals surface area (Å²) in [6, 6.07) is 10.7. The van der Waals surface area contributed by atoms with Gasteiger partial charge in [-0.3, -0.25) is 4.79 Å². The van der Waals surface area contributed by atoms with E-state index in [2.05, 4.69) is 4.74 Å². The van der Waals surface area contributed by atoms with Crippen LogP contribution in [0.15, 0.2) is 42.5 Å². The zero-order valence-corrected chi connectivity index (χ0v) is 13.6. The van der Waals surface area contributed by atoms with Gasteiger partial charge in [0.15, 0.2) is 5.78 Å². The van der Waals surface area contributed by atoms with Crippen molar-refractivity contribution in [2.24, 2.45) is 0 Å². The minimum absolute atomic E-state index is 0.110. The van der Waals surface area contributed by atoms with Crippen molar-refractivity contribution in [3.8, 4) is 17.2 Å². The molecule has 2 aromatic rings. The smallest absolute Gasteiger partial charge is 0.200 e. The van der Waals surface area contributed by atoms with Crippen LogP contribution in [-0.2, 0) is 4.74 Å². The Labute approximate surface area is 136 Å². The van der Waals surface area contributed by atoms with Crippen LogP contribution in [0.5, 0.6) is 17.2 Å². The molecule has 0 aliphatic rings. The largest absolute Gasteiger partial charge is 0.507 e. The molecule has 23 heavy (non-hydrogen) atoms. The van der Waals surface area contributed by atoms with Crippen LogP contribution in [0.2, 0.25) is 0 Å². The highest BCUT2D eigenvalue weighted by Gasteiger charge is 2.17. The number of ketones is 1. The Morgan fingerprint density at radius 2 is 1.57 bits per heavy atom. The molecule has 0 heterocycles. The van der Waals surface area contributed by atoms with Crippen LogP contribution in [0.4, 0.5) is 0 Å². The molecule has 5 heteroatoms. The third-order valence-corrected chi connectivity index (χ3v) is 2.96. The number of hydrogen-bond donors (Lipinski definition) is 2. The molecule has 0 aliphatic carbocycles. The van der Waals surface area contributed by atoms with Crippen LogP contribution < -0.4 is 4.74 Å². The Morgan fingerprint density at radius 3 is 2.09 bits per heavy atom. The number of phenols is 2. The van der Waals surface area contributed by atoms with E-state index in [1.165, 1.54) is 24.3 Å². The molecule has 0 saturated carbocycles. The summed E-state index contributed by atoms with van der Waals surface area (Å²) in [6.07, 6.45) is 0. The van der Waals surface area contributed by atoms with Gasteiger partial charge in [-0.05, 0) is 38.1 Å². The summed E-state index contributed by atoms with van der Waals surface area (Å²) in [5, 5.41) is 19.5. The molecule has 5 nitrogen and oxygen atoms in total. The van der Waals surface area contributed by atoms with Crippen molar-refractivity contribution in [1.82, 2.24) is 0 Å². The maximum atomic E-state index is 12.2. The number of hydrogen-bond acceptors (Lipinski definition) is 5. The number of aromatic hydroxyl groups is 2. The van der Waals surface area contributed by atoms with Crippen molar-refractivity contribution in [2.45, 2.75) is 13.8 Å². The van der Waals surface area contributed by atoms with Gasteiger partial charge in [0.2, 0.25) is 0 Å². The Bertz CT molecular complexity index is 635. The average molecular weight is 318 g/mol. The van der Waals surface area contributed by atoms with Gasteiger partial charge in [0.1, 0.15) is 17.2 Å². The number of methoxy groups -OCH3 is 1. The molecule has 0 bridgehead atoms. The summed E-state index contributed by atoms with van der Waals surface area (Å²) in [7, 11) is 1.68. The van der Waals surface area contributed by atoms with Gasteiger partial charge in [-0.15, -0.1) is 0 Å². The predicted octanol–water partition coefficient (Wildman–Crippen LogP) is 3.38. The summed E-state index contributed by atoms with van der Waals surface area (Å²) < 4.78 is 9.77. The molecular formula is C18H22O5. The lowest BCUT2D eigenvalue weighted by Gasteiger charge is -2.08. The molecule has 2 aromatic carbocycles. The zero-order chi connectivity index (χ0) is 17.2. The fraction of sp³-hybridized carbons (Fsp3) is 0.278. The number of ether oxygens (including phenoxy) is 2. The van der Waals surface area contributed by atoms with Crippen LogP contribution in [0, 0.1) is 0 Å². The molecule has 2 N–H and O–H groups in total. The first-order valence-electron chi connectivity index (χ1n) is 7.32. The van der Waals surface area contributed by atoms with Crippen LogP contribution in [0.25, 0.3) is 0 Å². The minimum Gasteiger partial charge on any atom is -0.507 e. The van der Waals surface area contributed by atoms with E-state index in [-0.39, 0.29) is 22.6 Å². The first-order chi connectivity index (χ1) is 11.0. The van der Waals surface area contributed by atoms with E-state index in [1.807, 2.05) is 13.8 Å². The van der Waals surface area contributed by atoms with Gasteiger partial charge in [-0.2, -0.15) is 0 Å². The fourth-order valence-electron chi connectivity index (χ4n) is 1.77. The minimum atomic E-state index is -0.432. The van der Waals surface area contributed by atoms with Crippen molar-refractivity contribution in [3.05, 3.63) is 53.6 Å². The SMILES string of the molecule is CCOC.CCOc1ccc(C(=O)c2ccccc2O)c(O)c1.